The van der Waals surface area contributed by atoms with Crippen molar-refractivity contribution in [2.24, 2.45) is 35.3 Å². The van der Waals surface area contributed by atoms with Crippen molar-refractivity contribution in [3.63, 3.8) is 0 Å². The first-order valence-corrected chi connectivity index (χ1v) is 15.9. The average Bonchev–Trinajstić information content (AvgIpc) is 3.72. The summed E-state index contributed by atoms with van der Waals surface area (Å²) in [6, 6.07) is 6.62. The number of fused-ring (bicyclic) bond motifs is 1. The van der Waals surface area contributed by atoms with Crippen molar-refractivity contribution in [3.05, 3.63) is 29.3 Å². The van der Waals surface area contributed by atoms with Gasteiger partial charge in [0.15, 0.2) is 0 Å². The standard InChI is InChI=1S/C32H49N5O2/c1-18-8-7-11-22-16-26(35-28(18)22)32(39)37-30(21-12-13-21)29-19(2)27(20-9-5-3-4-6-10-20)23(17-34-29)31(38)36-25-15-14-24(25)33/h7-8,11,19-21,23-27,29-30,34-35H,3-6,9-10,12-17,33H2,1-2H3,(H,36,38)(H,37,39)/t19?,23?,24-,25-,26?,27?,29?,30?/m0/s1. The molecule has 7 nitrogen and oxygen atoms in total. The highest BCUT2D eigenvalue weighted by Crippen LogP contribution is 2.45. The molecule has 6 N–H and O–H groups in total. The molecule has 4 fully saturated rings. The molecule has 1 aromatic rings. The first kappa shape index (κ1) is 27.1. The Bertz CT molecular complexity index is 1050. The van der Waals surface area contributed by atoms with E-state index in [1.165, 1.54) is 62.5 Å². The monoisotopic (exact) mass is 535 g/mol. The van der Waals surface area contributed by atoms with E-state index in [0.717, 1.165) is 24.9 Å². The first-order chi connectivity index (χ1) is 18.9. The van der Waals surface area contributed by atoms with Crippen LogP contribution in [-0.2, 0) is 16.0 Å². The van der Waals surface area contributed by atoms with Crippen molar-refractivity contribution in [1.82, 2.24) is 16.0 Å². The highest BCUT2D eigenvalue weighted by molar-refractivity contribution is 5.88. The maximum Gasteiger partial charge on any atom is 0.243 e. The van der Waals surface area contributed by atoms with E-state index in [4.69, 9.17) is 5.73 Å². The molecule has 0 aromatic heterocycles. The number of hydrogen-bond acceptors (Lipinski definition) is 5. The molecule has 214 valence electrons. The second-order valence-corrected chi connectivity index (χ2v) is 13.5. The van der Waals surface area contributed by atoms with Crippen LogP contribution in [0.15, 0.2) is 18.2 Å². The summed E-state index contributed by atoms with van der Waals surface area (Å²) in [6.45, 7) is 5.15. The Morgan fingerprint density at radius 2 is 1.77 bits per heavy atom. The zero-order valence-corrected chi connectivity index (χ0v) is 23.9. The number of rotatable bonds is 7. The van der Waals surface area contributed by atoms with Crippen molar-refractivity contribution in [2.45, 2.75) is 115 Å². The number of piperidine rings is 1. The van der Waals surface area contributed by atoms with Crippen LogP contribution in [0.4, 0.5) is 5.69 Å². The molecule has 8 atom stereocenters. The Kier molecular flexibility index (Phi) is 7.91. The zero-order chi connectivity index (χ0) is 27.1. The highest BCUT2D eigenvalue weighted by Gasteiger charge is 2.50. The summed E-state index contributed by atoms with van der Waals surface area (Å²) < 4.78 is 0. The number of aryl methyl sites for hydroxylation is 1. The number of amides is 2. The smallest absolute Gasteiger partial charge is 0.243 e. The lowest BCUT2D eigenvalue weighted by Gasteiger charge is -2.48. The van der Waals surface area contributed by atoms with Gasteiger partial charge in [-0.25, -0.2) is 0 Å². The van der Waals surface area contributed by atoms with Crippen LogP contribution in [0.3, 0.4) is 0 Å². The first-order valence-electron chi connectivity index (χ1n) is 15.9. The summed E-state index contributed by atoms with van der Waals surface area (Å²) in [5.41, 5.74) is 9.74. The number of nitrogens with one attached hydrogen (secondary N) is 4. The van der Waals surface area contributed by atoms with Crippen molar-refractivity contribution in [2.75, 3.05) is 11.9 Å². The Morgan fingerprint density at radius 3 is 2.41 bits per heavy atom. The highest BCUT2D eigenvalue weighted by atomic mass is 16.2. The van der Waals surface area contributed by atoms with E-state index in [0.29, 0.717) is 30.2 Å². The normalized spacial score (nSPS) is 35.6. The molecule has 0 spiro atoms. The van der Waals surface area contributed by atoms with E-state index >= 15 is 0 Å². The molecule has 2 heterocycles. The molecule has 3 saturated carbocycles. The van der Waals surface area contributed by atoms with Gasteiger partial charge in [0, 0.05) is 42.8 Å². The van der Waals surface area contributed by atoms with Gasteiger partial charge in [0.1, 0.15) is 6.04 Å². The third-order valence-corrected chi connectivity index (χ3v) is 10.9. The fraction of sp³-hybridized carbons (Fsp3) is 0.750. The zero-order valence-electron chi connectivity index (χ0n) is 23.9. The maximum atomic E-state index is 13.7. The lowest BCUT2D eigenvalue weighted by atomic mass is 9.65. The van der Waals surface area contributed by atoms with Gasteiger partial charge in [-0.05, 0) is 67.4 Å². The molecule has 7 heteroatoms. The van der Waals surface area contributed by atoms with E-state index in [-0.39, 0.29) is 47.9 Å². The minimum absolute atomic E-state index is 0.0309. The van der Waals surface area contributed by atoms with Gasteiger partial charge in [0.25, 0.3) is 0 Å². The Hall–Kier alpha value is -2.12. The van der Waals surface area contributed by atoms with Crippen molar-refractivity contribution in [3.8, 4) is 0 Å². The van der Waals surface area contributed by atoms with Crippen LogP contribution in [0.25, 0.3) is 0 Å². The van der Waals surface area contributed by atoms with Crippen LogP contribution in [0.2, 0.25) is 0 Å². The van der Waals surface area contributed by atoms with E-state index in [2.05, 4.69) is 53.3 Å². The minimum Gasteiger partial charge on any atom is -0.373 e. The topological polar surface area (TPSA) is 108 Å². The summed E-state index contributed by atoms with van der Waals surface area (Å²) in [5, 5.41) is 14.2. The molecule has 3 aliphatic carbocycles. The quantitative estimate of drug-likeness (QED) is 0.343. The number of anilines is 1. The third kappa shape index (κ3) is 5.58. The van der Waals surface area contributed by atoms with E-state index in [1.54, 1.807) is 0 Å². The van der Waals surface area contributed by atoms with E-state index in [9.17, 15) is 9.59 Å². The van der Waals surface area contributed by atoms with Crippen LogP contribution in [-0.4, -0.2) is 48.6 Å². The summed E-state index contributed by atoms with van der Waals surface area (Å²) in [6.07, 6.45) is 12.7. The largest absolute Gasteiger partial charge is 0.373 e. The van der Waals surface area contributed by atoms with Crippen LogP contribution >= 0.6 is 0 Å². The molecule has 2 aliphatic heterocycles. The van der Waals surface area contributed by atoms with Gasteiger partial charge in [-0.1, -0.05) is 63.6 Å². The van der Waals surface area contributed by atoms with Gasteiger partial charge in [0.05, 0.1) is 5.92 Å². The van der Waals surface area contributed by atoms with Crippen LogP contribution in [0, 0.1) is 36.5 Å². The number of benzene rings is 1. The summed E-state index contributed by atoms with van der Waals surface area (Å²) >= 11 is 0. The predicted octanol–water partition coefficient (Wildman–Crippen LogP) is 3.64. The third-order valence-electron chi connectivity index (χ3n) is 10.9. The van der Waals surface area contributed by atoms with E-state index < -0.39 is 0 Å². The second-order valence-electron chi connectivity index (χ2n) is 13.5. The average molecular weight is 536 g/mol. The Balaban J connectivity index is 1.18. The molecule has 0 bridgehead atoms. The van der Waals surface area contributed by atoms with E-state index in [1.807, 2.05) is 0 Å². The molecular weight excluding hydrogens is 486 g/mol. The number of carbonyl (C=O) groups excluding carboxylic acids is 2. The molecule has 6 unspecified atom stereocenters. The summed E-state index contributed by atoms with van der Waals surface area (Å²) in [4.78, 5) is 27.3. The van der Waals surface area contributed by atoms with Crippen molar-refractivity contribution in [1.29, 1.82) is 0 Å². The van der Waals surface area contributed by atoms with Crippen LogP contribution in [0.5, 0.6) is 0 Å². The number of nitrogens with two attached hydrogens (primary N) is 1. The second kappa shape index (κ2) is 11.4. The van der Waals surface area contributed by atoms with Crippen molar-refractivity contribution >= 4 is 17.5 Å². The summed E-state index contributed by atoms with van der Waals surface area (Å²) in [5.74, 6) is 2.01. The number of para-hydroxylation sites is 1. The lowest BCUT2D eigenvalue weighted by molar-refractivity contribution is -0.132. The molecule has 5 aliphatic rings. The lowest BCUT2D eigenvalue weighted by Crippen LogP contribution is -2.65. The van der Waals surface area contributed by atoms with Crippen molar-refractivity contribution < 1.29 is 9.59 Å². The fourth-order valence-electron chi connectivity index (χ4n) is 8.29. The van der Waals surface area contributed by atoms with Gasteiger partial charge >= 0.3 is 0 Å². The molecule has 6 rings (SSSR count). The molecule has 0 radical (unpaired) electrons. The van der Waals surface area contributed by atoms with Crippen LogP contribution < -0.4 is 27.0 Å². The molecule has 1 saturated heterocycles. The number of carbonyl (C=O) groups is 2. The van der Waals surface area contributed by atoms with Gasteiger partial charge in [-0.15, -0.1) is 0 Å². The molecular formula is C32H49N5O2. The van der Waals surface area contributed by atoms with Gasteiger partial charge in [0.2, 0.25) is 11.8 Å². The van der Waals surface area contributed by atoms with Crippen LogP contribution in [0.1, 0.15) is 82.3 Å². The minimum atomic E-state index is -0.218. The SMILES string of the molecule is Cc1cccc2c1NC(C(=O)NC(C1CC1)C1NCC(C(=O)N[C@H]3CC[C@@H]3N)C(C3CCCCCC3)C1C)C2. The van der Waals surface area contributed by atoms with Gasteiger partial charge < -0.3 is 27.0 Å². The Labute approximate surface area is 234 Å². The molecule has 2 amide bonds. The maximum absolute atomic E-state index is 13.7. The fourth-order valence-corrected chi connectivity index (χ4v) is 8.29. The predicted molar refractivity (Wildman–Crippen MR) is 155 cm³/mol. The van der Waals surface area contributed by atoms with Gasteiger partial charge in [-0.2, -0.15) is 0 Å². The van der Waals surface area contributed by atoms with Gasteiger partial charge in [-0.3, -0.25) is 9.59 Å². The summed E-state index contributed by atoms with van der Waals surface area (Å²) in [7, 11) is 0. The molecule has 1 aromatic carbocycles. The number of hydrogen-bond donors (Lipinski definition) is 5. The molecule has 39 heavy (non-hydrogen) atoms. The Morgan fingerprint density at radius 1 is 1.00 bits per heavy atom.